The molecule has 1 heterocycles. The molecule has 1 rings (SSSR count). The number of aryl methyl sites for hydroxylation is 1. The first kappa shape index (κ1) is 8.82. The summed E-state index contributed by atoms with van der Waals surface area (Å²) in [6, 6.07) is 3.67. The second-order valence-corrected chi connectivity index (χ2v) is 2.62. The molecule has 0 aliphatic heterocycles. The van der Waals surface area contributed by atoms with Gasteiger partial charge in [0.1, 0.15) is 5.76 Å². The number of rotatable bonds is 3. The Bertz CT molecular complexity index is 285. The summed E-state index contributed by atoms with van der Waals surface area (Å²) >= 11 is 0. The molecule has 3 nitrogen and oxygen atoms in total. The van der Waals surface area contributed by atoms with E-state index in [1.807, 2.05) is 19.1 Å². The second-order valence-electron chi connectivity index (χ2n) is 2.62. The average Bonchev–Trinajstić information content (AvgIpc) is 2.51. The van der Waals surface area contributed by atoms with E-state index in [1.165, 1.54) is 0 Å². The molecule has 0 spiro atoms. The van der Waals surface area contributed by atoms with Crippen LogP contribution in [0.4, 0.5) is 0 Å². The van der Waals surface area contributed by atoms with E-state index in [0.717, 1.165) is 17.7 Å². The molecule has 0 bridgehead atoms. The maximum absolute atomic E-state index is 8.44. The highest BCUT2D eigenvalue weighted by Gasteiger charge is 2.11. The molecule has 2 N–H and O–H groups in total. The fourth-order valence-electron chi connectivity index (χ4n) is 1.18. The molecule has 0 unspecified atom stereocenters. The Kier molecular flexibility index (Phi) is 2.89. The quantitative estimate of drug-likeness (QED) is 0.740. The van der Waals surface area contributed by atoms with Crippen LogP contribution in [0.3, 0.4) is 0 Å². The summed E-state index contributed by atoms with van der Waals surface area (Å²) < 4.78 is 5.19. The largest absolute Gasteiger partial charge is 0.469 e. The molecule has 0 fully saturated rings. The van der Waals surface area contributed by atoms with Gasteiger partial charge in [-0.2, -0.15) is 5.26 Å². The van der Waals surface area contributed by atoms with E-state index in [0.29, 0.717) is 6.42 Å². The van der Waals surface area contributed by atoms with E-state index in [4.69, 9.17) is 15.4 Å². The van der Waals surface area contributed by atoms with Crippen molar-refractivity contribution in [2.45, 2.75) is 25.8 Å². The van der Waals surface area contributed by atoms with Crippen LogP contribution in [-0.4, -0.2) is 0 Å². The van der Waals surface area contributed by atoms with Crippen LogP contribution in [0.15, 0.2) is 16.7 Å². The zero-order valence-corrected chi connectivity index (χ0v) is 7.08. The first-order chi connectivity index (χ1) is 5.79. The lowest BCUT2D eigenvalue weighted by atomic mass is 10.1. The van der Waals surface area contributed by atoms with Crippen LogP contribution >= 0.6 is 0 Å². The first-order valence-electron chi connectivity index (χ1n) is 3.98. The Morgan fingerprint density at radius 2 is 2.50 bits per heavy atom. The molecule has 12 heavy (non-hydrogen) atoms. The zero-order valence-electron chi connectivity index (χ0n) is 7.08. The van der Waals surface area contributed by atoms with Gasteiger partial charge in [0.25, 0.3) is 0 Å². The highest BCUT2D eigenvalue weighted by Crippen LogP contribution is 2.19. The molecule has 3 heteroatoms. The SMILES string of the molecule is CCc1occc1[C@H](N)CC#N. The normalized spacial score (nSPS) is 12.4. The summed E-state index contributed by atoms with van der Waals surface area (Å²) in [5, 5.41) is 8.44. The lowest BCUT2D eigenvalue weighted by Gasteiger charge is -2.05. The lowest BCUT2D eigenvalue weighted by molar-refractivity contribution is 0.506. The third-order valence-electron chi connectivity index (χ3n) is 1.81. The molecule has 0 aliphatic carbocycles. The summed E-state index contributed by atoms with van der Waals surface area (Å²) in [7, 11) is 0. The van der Waals surface area contributed by atoms with Crippen LogP contribution in [0.25, 0.3) is 0 Å². The topological polar surface area (TPSA) is 62.9 Å². The minimum absolute atomic E-state index is 0.205. The summed E-state index contributed by atoms with van der Waals surface area (Å²) in [5.74, 6) is 0.887. The zero-order chi connectivity index (χ0) is 8.97. The Morgan fingerprint density at radius 1 is 1.75 bits per heavy atom. The number of nitrogens with zero attached hydrogens (tertiary/aromatic N) is 1. The van der Waals surface area contributed by atoms with E-state index in [1.54, 1.807) is 6.26 Å². The minimum atomic E-state index is -0.205. The Morgan fingerprint density at radius 3 is 3.08 bits per heavy atom. The maximum atomic E-state index is 8.44. The van der Waals surface area contributed by atoms with Crippen molar-refractivity contribution in [1.82, 2.24) is 0 Å². The van der Waals surface area contributed by atoms with Crippen LogP contribution in [0, 0.1) is 11.3 Å². The number of nitrogens with two attached hydrogens (primary N) is 1. The van der Waals surface area contributed by atoms with Gasteiger partial charge in [-0.05, 0) is 6.07 Å². The molecule has 1 aromatic heterocycles. The van der Waals surface area contributed by atoms with Crippen molar-refractivity contribution in [2.24, 2.45) is 5.73 Å². The lowest BCUT2D eigenvalue weighted by Crippen LogP contribution is -2.09. The van der Waals surface area contributed by atoms with E-state index < -0.39 is 0 Å². The van der Waals surface area contributed by atoms with Crippen LogP contribution in [0.5, 0.6) is 0 Å². The minimum Gasteiger partial charge on any atom is -0.469 e. The number of nitriles is 1. The number of furan rings is 1. The molecule has 1 aromatic rings. The second kappa shape index (κ2) is 3.93. The predicted octanol–water partition coefficient (Wildman–Crippen LogP) is 1.76. The molecule has 0 saturated heterocycles. The fourth-order valence-corrected chi connectivity index (χ4v) is 1.18. The van der Waals surface area contributed by atoms with E-state index in [2.05, 4.69) is 0 Å². The Balaban J connectivity index is 2.80. The van der Waals surface area contributed by atoms with Crippen LogP contribution in [-0.2, 0) is 6.42 Å². The predicted molar refractivity (Wildman–Crippen MR) is 45.2 cm³/mol. The molecule has 0 amide bonds. The molecular weight excluding hydrogens is 152 g/mol. The number of hydrogen-bond acceptors (Lipinski definition) is 3. The molecule has 0 aliphatic rings. The standard InChI is InChI=1S/C9H12N2O/c1-2-9-7(4-6-12-9)8(11)3-5-10/h4,6,8H,2-3,11H2,1H3/t8-/m1/s1. The highest BCUT2D eigenvalue weighted by molar-refractivity contribution is 5.21. The van der Waals surface area contributed by atoms with Crippen molar-refractivity contribution in [3.05, 3.63) is 23.7 Å². The van der Waals surface area contributed by atoms with Gasteiger partial charge in [-0.15, -0.1) is 0 Å². The Hall–Kier alpha value is -1.27. The average molecular weight is 164 g/mol. The molecule has 0 radical (unpaired) electrons. The van der Waals surface area contributed by atoms with Gasteiger partial charge in [-0.1, -0.05) is 6.92 Å². The molecule has 0 aromatic carbocycles. The van der Waals surface area contributed by atoms with Gasteiger partial charge < -0.3 is 10.2 Å². The van der Waals surface area contributed by atoms with Crippen LogP contribution < -0.4 is 5.73 Å². The molecular formula is C9H12N2O. The van der Waals surface area contributed by atoms with Crippen molar-refractivity contribution >= 4 is 0 Å². The van der Waals surface area contributed by atoms with Crippen LogP contribution in [0.2, 0.25) is 0 Å². The summed E-state index contributed by atoms with van der Waals surface area (Å²) in [4.78, 5) is 0. The van der Waals surface area contributed by atoms with Gasteiger partial charge in [0.05, 0.1) is 18.8 Å². The van der Waals surface area contributed by atoms with Crippen molar-refractivity contribution in [3.63, 3.8) is 0 Å². The summed E-state index contributed by atoms with van der Waals surface area (Å²) in [5.41, 5.74) is 6.70. The van der Waals surface area contributed by atoms with E-state index in [9.17, 15) is 0 Å². The van der Waals surface area contributed by atoms with Gasteiger partial charge in [-0.3, -0.25) is 0 Å². The summed E-state index contributed by atoms with van der Waals surface area (Å²) in [6.07, 6.45) is 2.78. The van der Waals surface area contributed by atoms with Crippen LogP contribution in [0.1, 0.15) is 30.7 Å². The molecule has 64 valence electrons. The first-order valence-corrected chi connectivity index (χ1v) is 3.98. The molecule has 1 atom stereocenters. The monoisotopic (exact) mass is 164 g/mol. The van der Waals surface area contributed by atoms with Gasteiger partial charge in [0.2, 0.25) is 0 Å². The third-order valence-corrected chi connectivity index (χ3v) is 1.81. The highest BCUT2D eigenvalue weighted by atomic mass is 16.3. The van der Waals surface area contributed by atoms with Crippen molar-refractivity contribution in [2.75, 3.05) is 0 Å². The Labute approximate surface area is 71.8 Å². The van der Waals surface area contributed by atoms with Gasteiger partial charge >= 0.3 is 0 Å². The van der Waals surface area contributed by atoms with E-state index >= 15 is 0 Å². The molecule has 0 saturated carbocycles. The van der Waals surface area contributed by atoms with Gasteiger partial charge in [0, 0.05) is 18.0 Å². The van der Waals surface area contributed by atoms with Gasteiger partial charge in [0.15, 0.2) is 0 Å². The fraction of sp³-hybridized carbons (Fsp3) is 0.444. The van der Waals surface area contributed by atoms with Crippen molar-refractivity contribution in [3.8, 4) is 6.07 Å². The number of hydrogen-bond donors (Lipinski definition) is 1. The summed E-state index contributed by atoms with van der Waals surface area (Å²) in [6.45, 7) is 2.00. The third kappa shape index (κ3) is 1.66. The van der Waals surface area contributed by atoms with Crippen molar-refractivity contribution in [1.29, 1.82) is 5.26 Å². The smallest absolute Gasteiger partial charge is 0.108 e. The maximum Gasteiger partial charge on any atom is 0.108 e. The van der Waals surface area contributed by atoms with E-state index in [-0.39, 0.29) is 6.04 Å². The van der Waals surface area contributed by atoms with Crippen molar-refractivity contribution < 1.29 is 4.42 Å². The van der Waals surface area contributed by atoms with Gasteiger partial charge in [-0.25, -0.2) is 0 Å².